The predicted octanol–water partition coefficient (Wildman–Crippen LogP) is 4.19. The number of hydrogen-bond donors (Lipinski definition) is 0. The van der Waals surface area contributed by atoms with Crippen LogP contribution in [0, 0.1) is 0 Å². The van der Waals surface area contributed by atoms with Gasteiger partial charge in [0.1, 0.15) is 17.6 Å². The Hall–Kier alpha value is -1.75. The molecule has 25 heavy (non-hydrogen) atoms. The second kappa shape index (κ2) is 9.09. The van der Waals surface area contributed by atoms with Crippen molar-refractivity contribution in [3.8, 4) is 11.5 Å². The molecule has 3 rings (SSSR count). The molecule has 0 N–H and O–H groups in total. The van der Waals surface area contributed by atoms with Gasteiger partial charge in [-0.25, -0.2) is 0 Å². The van der Waals surface area contributed by atoms with Crippen LogP contribution in [-0.2, 0) is 4.74 Å². The normalized spacial score (nSPS) is 16.4. The van der Waals surface area contributed by atoms with Gasteiger partial charge in [0, 0.05) is 31.1 Å². The standard InChI is InChI=1S/C20H24ClNO3/c1-23-19-4-2-3-16(15-19)20(9-10-22-11-13-24-14-12-22)25-18-7-5-17(21)6-8-18/h2-8,15,20H,9-14H2,1H3. The van der Waals surface area contributed by atoms with Crippen molar-refractivity contribution < 1.29 is 14.2 Å². The maximum Gasteiger partial charge on any atom is 0.125 e. The zero-order valence-corrected chi connectivity index (χ0v) is 15.2. The summed E-state index contributed by atoms with van der Waals surface area (Å²) in [5.74, 6) is 1.66. The van der Waals surface area contributed by atoms with Gasteiger partial charge in [-0.3, -0.25) is 4.90 Å². The Labute approximate surface area is 154 Å². The number of morpholine rings is 1. The zero-order chi connectivity index (χ0) is 17.5. The second-order valence-electron chi connectivity index (χ2n) is 6.08. The lowest BCUT2D eigenvalue weighted by atomic mass is 10.1. The molecule has 0 bridgehead atoms. The highest BCUT2D eigenvalue weighted by molar-refractivity contribution is 6.30. The van der Waals surface area contributed by atoms with Crippen molar-refractivity contribution in [2.45, 2.75) is 12.5 Å². The molecule has 1 saturated heterocycles. The van der Waals surface area contributed by atoms with Gasteiger partial charge < -0.3 is 14.2 Å². The molecule has 1 aliphatic heterocycles. The molecule has 2 aromatic rings. The summed E-state index contributed by atoms with van der Waals surface area (Å²) in [5.41, 5.74) is 1.11. The number of rotatable bonds is 7. The van der Waals surface area contributed by atoms with Gasteiger partial charge in [0.25, 0.3) is 0 Å². The van der Waals surface area contributed by atoms with Crippen molar-refractivity contribution in [2.24, 2.45) is 0 Å². The topological polar surface area (TPSA) is 30.9 Å². The van der Waals surface area contributed by atoms with Crippen LogP contribution >= 0.6 is 11.6 Å². The third-order valence-electron chi connectivity index (χ3n) is 4.37. The van der Waals surface area contributed by atoms with Gasteiger partial charge in [-0.1, -0.05) is 23.7 Å². The van der Waals surface area contributed by atoms with Crippen LogP contribution < -0.4 is 9.47 Å². The van der Waals surface area contributed by atoms with Crippen molar-refractivity contribution in [1.29, 1.82) is 0 Å². The van der Waals surface area contributed by atoms with Crippen LogP contribution in [0.25, 0.3) is 0 Å². The van der Waals surface area contributed by atoms with Gasteiger partial charge in [0.15, 0.2) is 0 Å². The Kier molecular flexibility index (Phi) is 6.56. The Balaban J connectivity index is 1.73. The summed E-state index contributed by atoms with van der Waals surface area (Å²) in [6.45, 7) is 4.54. The first-order valence-electron chi connectivity index (χ1n) is 8.61. The van der Waals surface area contributed by atoms with Gasteiger partial charge in [0.2, 0.25) is 0 Å². The Morgan fingerprint density at radius 3 is 2.56 bits per heavy atom. The van der Waals surface area contributed by atoms with Gasteiger partial charge in [-0.2, -0.15) is 0 Å². The summed E-state index contributed by atoms with van der Waals surface area (Å²) in [6, 6.07) is 15.6. The zero-order valence-electron chi connectivity index (χ0n) is 14.5. The van der Waals surface area contributed by atoms with Gasteiger partial charge >= 0.3 is 0 Å². The highest BCUT2D eigenvalue weighted by atomic mass is 35.5. The molecule has 5 heteroatoms. The van der Waals surface area contributed by atoms with Gasteiger partial charge in [-0.05, 0) is 42.0 Å². The molecule has 0 spiro atoms. The van der Waals surface area contributed by atoms with E-state index in [0.29, 0.717) is 5.02 Å². The lowest BCUT2D eigenvalue weighted by Gasteiger charge is -2.28. The average molecular weight is 362 g/mol. The first-order chi connectivity index (χ1) is 12.2. The maximum absolute atomic E-state index is 6.27. The molecule has 1 aliphatic rings. The molecule has 4 nitrogen and oxygen atoms in total. The van der Waals surface area contributed by atoms with Crippen LogP contribution in [0.15, 0.2) is 48.5 Å². The van der Waals surface area contributed by atoms with Crippen LogP contribution in [0.4, 0.5) is 0 Å². The van der Waals surface area contributed by atoms with Gasteiger partial charge in [-0.15, -0.1) is 0 Å². The van der Waals surface area contributed by atoms with E-state index in [0.717, 1.165) is 56.3 Å². The van der Waals surface area contributed by atoms with Crippen molar-refractivity contribution >= 4 is 11.6 Å². The molecule has 1 fully saturated rings. The minimum atomic E-state index is -0.0425. The van der Waals surface area contributed by atoms with Crippen molar-refractivity contribution in [3.05, 3.63) is 59.1 Å². The molecule has 134 valence electrons. The molecule has 0 amide bonds. The second-order valence-corrected chi connectivity index (χ2v) is 6.52. The van der Waals surface area contributed by atoms with E-state index < -0.39 is 0 Å². The van der Waals surface area contributed by atoms with E-state index in [-0.39, 0.29) is 6.10 Å². The number of hydrogen-bond acceptors (Lipinski definition) is 4. The number of benzene rings is 2. The summed E-state index contributed by atoms with van der Waals surface area (Å²) in [6.07, 6.45) is 0.856. The molecule has 1 heterocycles. The predicted molar refractivity (Wildman–Crippen MR) is 99.7 cm³/mol. The molecule has 0 aromatic heterocycles. The summed E-state index contributed by atoms with van der Waals surface area (Å²) in [4.78, 5) is 2.42. The van der Waals surface area contributed by atoms with E-state index in [9.17, 15) is 0 Å². The number of ether oxygens (including phenoxy) is 3. The first-order valence-corrected chi connectivity index (χ1v) is 8.98. The van der Waals surface area contributed by atoms with Crippen LogP contribution in [0.3, 0.4) is 0 Å². The van der Waals surface area contributed by atoms with Crippen LogP contribution in [-0.4, -0.2) is 44.9 Å². The monoisotopic (exact) mass is 361 g/mol. The molecule has 0 radical (unpaired) electrons. The molecular formula is C20H24ClNO3. The minimum Gasteiger partial charge on any atom is -0.497 e. The van der Waals surface area contributed by atoms with Crippen LogP contribution in [0.5, 0.6) is 11.5 Å². The molecule has 1 unspecified atom stereocenters. The van der Waals surface area contributed by atoms with E-state index in [4.69, 9.17) is 25.8 Å². The van der Waals surface area contributed by atoms with Crippen molar-refractivity contribution in [2.75, 3.05) is 40.0 Å². The molecule has 0 saturated carbocycles. The third kappa shape index (κ3) is 5.36. The number of nitrogens with zero attached hydrogens (tertiary/aromatic N) is 1. The Morgan fingerprint density at radius 2 is 1.84 bits per heavy atom. The lowest BCUT2D eigenvalue weighted by molar-refractivity contribution is 0.0317. The van der Waals surface area contributed by atoms with E-state index in [2.05, 4.69) is 11.0 Å². The van der Waals surface area contributed by atoms with E-state index in [1.165, 1.54) is 0 Å². The third-order valence-corrected chi connectivity index (χ3v) is 4.62. The Morgan fingerprint density at radius 1 is 1.08 bits per heavy atom. The fourth-order valence-electron chi connectivity index (χ4n) is 2.94. The van der Waals surface area contributed by atoms with E-state index in [1.807, 2.05) is 42.5 Å². The maximum atomic E-state index is 6.27. The highest BCUT2D eigenvalue weighted by Gasteiger charge is 2.18. The number of halogens is 1. The minimum absolute atomic E-state index is 0.0425. The fraction of sp³-hybridized carbons (Fsp3) is 0.400. The molecular weight excluding hydrogens is 338 g/mol. The fourth-order valence-corrected chi connectivity index (χ4v) is 3.06. The summed E-state index contributed by atoms with van der Waals surface area (Å²) < 4.78 is 17.1. The van der Waals surface area contributed by atoms with Crippen molar-refractivity contribution in [1.82, 2.24) is 4.90 Å². The van der Waals surface area contributed by atoms with E-state index in [1.54, 1.807) is 7.11 Å². The lowest BCUT2D eigenvalue weighted by Crippen LogP contribution is -2.37. The summed E-state index contributed by atoms with van der Waals surface area (Å²) >= 11 is 5.98. The quantitative estimate of drug-likeness (QED) is 0.739. The van der Waals surface area contributed by atoms with Crippen LogP contribution in [0.1, 0.15) is 18.1 Å². The first kappa shape index (κ1) is 18.1. The Bertz CT molecular complexity index is 656. The highest BCUT2D eigenvalue weighted by Crippen LogP contribution is 2.28. The number of methoxy groups -OCH3 is 1. The molecule has 2 aromatic carbocycles. The van der Waals surface area contributed by atoms with E-state index >= 15 is 0 Å². The van der Waals surface area contributed by atoms with Crippen LogP contribution in [0.2, 0.25) is 5.02 Å². The summed E-state index contributed by atoms with van der Waals surface area (Å²) in [7, 11) is 1.68. The molecule has 0 aliphatic carbocycles. The van der Waals surface area contributed by atoms with Gasteiger partial charge in [0.05, 0.1) is 20.3 Å². The average Bonchev–Trinajstić information content (AvgIpc) is 2.67. The SMILES string of the molecule is COc1cccc(C(CCN2CCOCC2)Oc2ccc(Cl)cc2)c1. The largest absolute Gasteiger partial charge is 0.497 e. The summed E-state index contributed by atoms with van der Waals surface area (Å²) in [5, 5.41) is 0.707. The smallest absolute Gasteiger partial charge is 0.125 e. The molecule has 1 atom stereocenters. The van der Waals surface area contributed by atoms with Crippen molar-refractivity contribution in [3.63, 3.8) is 0 Å².